The van der Waals surface area contributed by atoms with Gasteiger partial charge in [0.2, 0.25) is 0 Å². The van der Waals surface area contributed by atoms with E-state index in [2.05, 4.69) is 0 Å². The Hall–Kier alpha value is -2.21. The van der Waals surface area contributed by atoms with E-state index in [0.29, 0.717) is 5.75 Å². The van der Waals surface area contributed by atoms with Crippen LogP contribution in [0, 0.1) is 5.92 Å². The smallest absolute Gasteiger partial charge is 0.321 e. The second-order valence-electron chi connectivity index (χ2n) is 5.20. The molecular formula is C19H22O5S. The first-order valence-corrected chi connectivity index (χ1v) is 9.24. The Labute approximate surface area is 151 Å². The van der Waals surface area contributed by atoms with Crippen molar-refractivity contribution in [3.63, 3.8) is 0 Å². The highest BCUT2D eigenvalue weighted by Gasteiger charge is 2.38. The van der Waals surface area contributed by atoms with E-state index in [9.17, 15) is 9.59 Å². The number of hydrogen-bond acceptors (Lipinski definition) is 6. The van der Waals surface area contributed by atoms with Crippen LogP contribution in [0.15, 0.2) is 53.1 Å². The topological polar surface area (TPSA) is 65.7 Å². The predicted molar refractivity (Wildman–Crippen MR) is 95.9 cm³/mol. The molecule has 0 aliphatic carbocycles. The number of carbonyl (C=O) groups is 2. The number of furan rings is 1. The van der Waals surface area contributed by atoms with Crippen molar-refractivity contribution in [3.05, 3.63) is 60.1 Å². The number of esters is 2. The number of carbonyl (C=O) groups excluding carboxylic acids is 2. The molecule has 2 rings (SSSR count). The van der Waals surface area contributed by atoms with Crippen molar-refractivity contribution >= 4 is 23.7 Å². The Morgan fingerprint density at radius 1 is 1.00 bits per heavy atom. The Balaban J connectivity index is 2.30. The van der Waals surface area contributed by atoms with Crippen molar-refractivity contribution in [1.29, 1.82) is 0 Å². The summed E-state index contributed by atoms with van der Waals surface area (Å²) in [5.41, 5.74) is 0.866. The molecule has 0 N–H and O–H groups in total. The summed E-state index contributed by atoms with van der Waals surface area (Å²) in [6, 6.07) is 13.1. The maximum absolute atomic E-state index is 12.5. The number of rotatable bonds is 9. The molecule has 0 saturated heterocycles. The first-order chi connectivity index (χ1) is 12.2. The normalized spacial score (nSPS) is 12.0. The third kappa shape index (κ3) is 5.39. The lowest BCUT2D eigenvalue weighted by atomic mass is 9.98. The largest absolute Gasteiger partial charge is 0.468 e. The van der Waals surface area contributed by atoms with Gasteiger partial charge in [0.05, 0.1) is 30.5 Å². The Morgan fingerprint density at radius 3 is 2.16 bits per heavy atom. The molecule has 2 aromatic rings. The fourth-order valence-corrected chi connectivity index (χ4v) is 3.67. The van der Waals surface area contributed by atoms with Crippen LogP contribution in [0.4, 0.5) is 0 Å². The summed E-state index contributed by atoms with van der Waals surface area (Å²) in [4.78, 5) is 25.0. The van der Waals surface area contributed by atoms with E-state index in [0.717, 1.165) is 11.3 Å². The molecule has 0 spiro atoms. The van der Waals surface area contributed by atoms with Gasteiger partial charge in [-0.25, -0.2) is 0 Å². The fraction of sp³-hybridized carbons (Fsp3) is 0.368. The highest BCUT2D eigenvalue weighted by Crippen LogP contribution is 2.39. The molecule has 0 aliphatic rings. The Bertz CT molecular complexity index is 636. The molecule has 1 atom stereocenters. The van der Waals surface area contributed by atoms with Crippen LogP contribution >= 0.6 is 11.8 Å². The number of benzene rings is 1. The second kappa shape index (κ2) is 9.93. The summed E-state index contributed by atoms with van der Waals surface area (Å²) in [6.45, 7) is 3.85. The summed E-state index contributed by atoms with van der Waals surface area (Å²) < 4.78 is 15.6. The summed E-state index contributed by atoms with van der Waals surface area (Å²) in [7, 11) is 0. The number of ether oxygens (including phenoxy) is 2. The van der Waals surface area contributed by atoms with Crippen LogP contribution in [0.5, 0.6) is 0 Å². The van der Waals surface area contributed by atoms with Crippen molar-refractivity contribution in [3.8, 4) is 0 Å². The molecule has 25 heavy (non-hydrogen) atoms. The highest BCUT2D eigenvalue weighted by molar-refractivity contribution is 7.98. The van der Waals surface area contributed by atoms with Gasteiger partial charge in [0.15, 0.2) is 5.92 Å². The first-order valence-electron chi connectivity index (χ1n) is 8.19. The second-order valence-corrected chi connectivity index (χ2v) is 6.33. The van der Waals surface area contributed by atoms with Crippen LogP contribution in [0.2, 0.25) is 0 Å². The predicted octanol–water partition coefficient (Wildman–Crippen LogP) is 4.00. The zero-order chi connectivity index (χ0) is 18.1. The number of hydrogen-bond donors (Lipinski definition) is 0. The highest BCUT2D eigenvalue weighted by atomic mass is 32.2. The van der Waals surface area contributed by atoms with Crippen molar-refractivity contribution in [2.45, 2.75) is 24.9 Å². The third-order valence-corrected chi connectivity index (χ3v) is 4.85. The summed E-state index contributed by atoms with van der Waals surface area (Å²) >= 11 is 1.45. The van der Waals surface area contributed by atoms with E-state index in [1.165, 1.54) is 11.8 Å². The van der Waals surface area contributed by atoms with Crippen LogP contribution in [0.3, 0.4) is 0 Å². The van der Waals surface area contributed by atoms with E-state index < -0.39 is 23.1 Å². The average molecular weight is 362 g/mol. The minimum absolute atomic E-state index is 0.207. The van der Waals surface area contributed by atoms with Gasteiger partial charge in [0.1, 0.15) is 5.76 Å². The van der Waals surface area contributed by atoms with Crippen LogP contribution in [0.25, 0.3) is 0 Å². The first kappa shape index (κ1) is 19.1. The molecular weight excluding hydrogens is 340 g/mol. The van der Waals surface area contributed by atoms with Gasteiger partial charge in [-0.15, -0.1) is 11.8 Å². The fourth-order valence-electron chi connectivity index (χ4n) is 2.40. The lowest BCUT2D eigenvalue weighted by Crippen LogP contribution is -2.32. The van der Waals surface area contributed by atoms with E-state index in [1.807, 2.05) is 42.5 Å². The maximum Gasteiger partial charge on any atom is 0.321 e. The standard InChI is InChI=1S/C19H22O5S/c1-3-22-18(20)16(19(21)23-4-2)17(14-9-6-5-7-10-14)25-13-15-11-8-12-24-15/h5-12,16-17H,3-4,13H2,1-2H3. The third-order valence-electron chi connectivity index (χ3n) is 3.50. The molecule has 6 heteroatoms. The zero-order valence-corrected chi connectivity index (χ0v) is 15.2. The van der Waals surface area contributed by atoms with E-state index in [4.69, 9.17) is 13.9 Å². The molecule has 0 saturated carbocycles. The molecule has 0 fully saturated rings. The molecule has 0 bridgehead atoms. The Kier molecular flexibility index (Phi) is 7.60. The van der Waals surface area contributed by atoms with E-state index in [1.54, 1.807) is 20.1 Å². The van der Waals surface area contributed by atoms with Crippen molar-refractivity contribution in [2.75, 3.05) is 13.2 Å². The monoisotopic (exact) mass is 362 g/mol. The molecule has 0 radical (unpaired) electrons. The molecule has 0 aliphatic heterocycles. The van der Waals surface area contributed by atoms with Crippen LogP contribution < -0.4 is 0 Å². The molecule has 1 unspecified atom stereocenters. The van der Waals surface area contributed by atoms with Crippen molar-refractivity contribution < 1.29 is 23.5 Å². The van der Waals surface area contributed by atoms with Crippen LogP contribution in [-0.4, -0.2) is 25.2 Å². The molecule has 5 nitrogen and oxygen atoms in total. The van der Waals surface area contributed by atoms with Gasteiger partial charge in [-0.3, -0.25) is 9.59 Å². The van der Waals surface area contributed by atoms with Gasteiger partial charge in [0.25, 0.3) is 0 Å². The van der Waals surface area contributed by atoms with Crippen LogP contribution in [0.1, 0.15) is 30.4 Å². The van der Waals surface area contributed by atoms with Gasteiger partial charge in [-0.05, 0) is 31.5 Å². The lowest BCUT2D eigenvalue weighted by Gasteiger charge is -2.24. The Morgan fingerprint density at radius 2 is 1.64 bits per heavy atom. The lowest BCUT2D eigenvalue weighted by molar-refractivity contribution is -0.161. The zero-order valence-electron chi connectivity index (χ0n) is 14.3. The minimum atomic E-state index is -1.03. The summed E-state index contributed by atoms with van der Waals surface area (Å²) in [6.07, 6.45) is 1.60. The molecule has 134 valence electrons. The van der Waals surface area contributed by atoms with Crippen molar-refractivity contribution in [2.24, 2.45) is 5.92 Å². The van der Waals surface area contributed by atoms with E-state index in [-0.39, 0.29) is 13.2 Å². The van der Waals surface area contributed by atoms with Gasteiger partial charge in [-0.2, -0.15) is 0 Å². The van der Waals surface area contributed by atoms with Gasteiger partial charge in [0, 0.05) is 0 Å². The molecule has 1 aromatic heterocycles. The molecule has 0 amide bonds. The van der Waals surface area contributed by atoms with Crippen LogP contribution in [-0.2, 0) is 24.8 Å². The summed E-state index contributed by atoms with van der Waals surface area (Å²) in [5.74, 6) is -0.856. The molecule has 1 heterocycles. The average Bonchev–Trinajstić information content (AvgIpc) is 3.13. The van der Waals surface area contributed by atoms with Crippen molar-refractivity contribution in [1.82, 2.24) is 0 Å². The van der Waals surface area contributed by atoms with Gasteiger partial charge < -0.3 is 13.9 Å². The SMILES string of the molecule is CCOC(=O)C(C(=O)OCC)C(SCc1ccco1)c1ccccc1. The minimum Gasteiger partial charge on any atom is -0.468 e. The van der Waals surface area contributed by atoms with E-state index >= 15 is 0 Å². The maximum atomic E-state index is 12.5. The summed E-state index contributed by atoms with van der Waals surface area (Å²) in [5, 5.41) is -0.426. The quantitative estimate of drug-likeness (QED) is 0.496. The number of thioether (sulfide) groups is 1. The van der Waals surface area contributed by atoms with Gasteiger partial charge in [-0.1, -0.05) is 30.3 Å². The molecule has 1 aromatic carbocycles. The van der Waals surface area contributed by atoms with Gasteiger partial charge >= 0.3 is 11.9 Å².